The van der Waals surface area contributed by atoms with Crippen molar-refractivity contribution in [1.82, 2.24) is 0 Å². The van der Waals surface area contributed by atoms with Crippen molar-refractivity contribution in [2.24, 2.45) is 0 Å². The third kappa shape index (κ3) is 1.36. The zero-order valence-electron chi connectivity index (χ0n) is 4.98. The normalized spacial score (nSPS) is 10.0. The van der Waals surface area contributed by atoms with Crippen molar-refractivity contribution >= 4 is 20.0 Å². The molecule has 0 amide bonds. The summed E-state index contributed by atoms with van der Waals surface area (Å²) >= 11 is -1.11. The van der Waals surface area contributed by atoms with Gasteiger partial charge in [0.25, 0.3) is 0 Å². The van der Waals surface area contributed by atoms with Crippen molar-refractivity contribution in [3.8, 4) is 11.5 Å². The van der Waals surface area contributed by atoms with Crippen LogP contribution < -0.4 is 4.35 Å². The molecule has 1 aromatic rings. The van der Waals surface area contributed by atoms with Crippen LogP contribution in [0, 0.1) is 0 Å². The van der Waals surface area contributed by atoms with E-state index in [1.807, 2.05) is 0 Å². The molecule has 3 nitrogen and oxygen atoms in total. The van der Waals surface area contributed by atoms with Crippen LogP contribution in [0.5, 0.6) is 11.5 Å². The fourth-order valence-electron chi connectivity index (χ4n) is 0.569. The Bertz CT molecular complexity index is 259. The van der Waals surface area contributed by atoms with E-state index < -0.39 is 15.7 Å². The molecule has 0 heterocycles. The molecule has 52 valence electrons. The molecule has 0 saturated carbocycles. The Morgan fingerprint density at radius 3 is 2.40 bits per heavy atom. The monoisotopic (exact) mass is 200 g/mol. The molecular formula is C6H5AsO3. The fraction of sp³-hybridized carbons (Fsp3) is 0. The average Bonchev–Trinajstić information content (AvgIpc) is 1.95. The van der Waals surface area contributed by atoms with Crippen LogP contribution in [0.2, 0.25) is 0 Å². The van der Waals surface area contributed by atoms with Gasteiger partial charge in [-0.3, -0.25) is 0 Å². The molecule has 10 heavy (non-hydrogen) atoms. The van der Waals surface area contributed by atoms with Gasteiger partial charge in [-0.25, -0.2) is 0 Å². The maximum atomic E-state index is 10.3. The second-order valence-corrected chi connectivity index (χ2v) is 3.23. The molecule has 0 aliphatic rings. The molecule has 0 aliphatic carbocycles. The van der Waals surface area contributed by atoms with Gasteiger partial charge in [0.05, 0.1) is 0 Å². The second kappa shape index (κ2) is 2.84. The van der Waals surface area contributed by atoms with Gasteiger partial charge >= 0.3 is 63.7 Å². The Balaban J connectivity index is 3.16. The average molecular weight is 200 g/mol. The summed E-state index contributed by atoms with van der Waals surface area (Å²) in [6.07, 6.45) is 0. The minimum absolute atomic E-state index is 0.182. The zero-order chi connectivity index (χ0) is 7.56. The summed E-state index contributed by atoms with van der Waals surface area (Å²) < 4.78 is 10.9. The first kappa shape index (κ1) is 7.29. The Morgan fingerprint density at radius 1 is 1.20 bits per heavy atom. The molecule has 1 aromatic carbocycles. The van der Waals surface area contributed by atoms with Gasteiger partial charge < -0.3 is 0 Å². The van der Waals surface area contributed by atoms with Gasteiger partial charge in [0.15, 0.2) is 0 Å². The maximum absolute atomic E-state index is 10.3. The molecule has 2 N–H and O–H groups in total. The van der Waals surface area contributed by atoms with Crippen LogP contribution in [0.15, 0.2) is 18.2 Å². The minimum atomic E-state index is -1.11. The van der Waals surface area contributed by atoms with Crippen molar-refractivity contribution in [2.75, 3.05) is 0 Å². The molecule has 0 bridgehead atoms. The van der Waals surface area contributed by atoms with Gasteiger partial charge in [0, 0.05) is 0 Å². The summed E-state index contributed by atoms with van der Waals surface area (Å²) in [5.41, 5.74) is 0. The summed E-state index contributed by atoms with van der Waals surface area (Å²) in [5, 5.41) is 17.7. The van der Waals surface area contributed by atoms with Crippen LogP contribution in [0.1, 0.15) is 0 Å². The Kier molecular flexibility index (Phi) is 2.07. The number of hydrogen-bond acceptors (Lipinski definition) is 3. The molecular weight excluding hydrogens is 195 g/mol. The number of rotatable bonds is 1. The Morgan fingerprint density at radius 2 is 1.90 bits per heavy atom. The summed E-state index contributed by atoms with van der Waals surface area (Å²) in [4.78, 5) is 0. The van der Waals surface area contributed by atoms with Gasteiger partial charge in [0.1, 0.15) is 0 Å². The van der Waals surface area contributed by atoms with Crippen LogP contribution in [-0.2, 0) is 3.74 Å². The molecule has 0 spiro atoms. The summed E-state index contributed by atoms with van der Waals surface area (Å²) in [6, 6.07) is 4.13. The molecule has 0 saturated heterocycles. The molecule has 0 atom stereocenters. The first-order valence-electron chi connectivity index (χ1n) is 2.59. The molecule has 1 rings (SSSR count). The predicted octanol–water partition coefficient (Wildman–Crippen LogP) is -0.227. The van der Waals surface area contributed by atoms with Crippen LogP contribution in [0.25, 0.3) is 0 Å². The standard InChI is InChI=1S/C6H5AsO3/c8-5-2-1-4(7-10)3-6(5)9/h1-3,8-9H. The SMILES string of the molecule is O=[As]c1ccc(O)c(O)c1. The van der Waals surface area contributed by atoms with Crippen molar-refractivity contribution < 1.29 is 14.0 Å². The van der Waals surface area contributed by atoms with Crippen molar-refractivity contribution in [2.45, 2.75) is 0 Å². The van der Waals surface area contributed by atoms with E-state index in [9.17, 15) is 3.74 Å². The number of hydrogen-bond donors (Lipinski definition) is 2. The Labute approximate surface area is 64.2 Å². The fourth-order valence-corrected chi connectivity index (χ4v) is 1.22. The summed E-state index contributed by atoms with van der Waals surface area (Å²) in [6.45, 7) is 0. The van der Waals surface area contributed by atoms with E-state index in [4.69, 9.17) is 10.2 Å². The molecule has 0 aliphatic heterocycles. The van der Waals surface area contributed by atoms with Gasteiger partial charge in [0.2, 0.25) is 0 Å². The van der Waals surface area contributed by atoms with Gasteiger partial charge in [-0.05, 0) is 0 Å². The van der Waals surface area contributed by atoms with Crippen molar-refractivity contribution in [3.63, 3.8) is 0 Å². The molecule has 4 heteroatoms. The zero-order valence-corrected chi connectivity index (χ0v) is 6.86. The van der Waals surface area contributed by atoms with Gasteiger partial charge in [-0.15, -0.1) is 0 Å². The third-order valence-corrected chi connectivity index (χ3v) is 2.09. The quantitative estimate of drug-likeness (QED) is 0.486. The van der Waals surface area contributed by atoms with E-state index in [2.05, 4.69) is 0 Å². The van der Waals surface area contributed by atoms with E-state index >= 15 is 0 Å². The number of phenols is 2. The molecule has 0 aromatic heterocycles. The molecule has 0 fully saturated rings. The third-order valence-electron chi connectivity index (χ3n) is 1.06. The first-order valence-corrected chi connectivity index (χ1v) is 4.30. The summed E-state index contributed by atoms with van der Waals surface area (Å²) in [7, 11) is 0. The first-order chi connectivity index (χ1) is 4.74. The van der Waals surface area contributed by atoms with Crippen LogP contribution in [-0.4, -0.2) is 25.9 Å². The van der Waals surface area contributed by atoms with Crippen molar-refractivity contribution in [1.29, 1.82) is 0 Å². The van der Waals surface area contributed by atoms with E-state index in [0.29, 0.717) is 4.35 Å². The second-order valence-electron chi connectivity index (χ2n) is 1.76. The van der Waals surface area contributed by atoms with E-state index in [1.165, 1.54) is 18.2 Å². The van der Waals surface area contributed by atoms with Crippen LogP contribution in [0.3, 0.4) is 0 Å². The van der Waals surface area contributed by atoms with E-state index in [-0.39, 0.29) is 11.5 Å². The molecule has 0 radical (unpaired) electrons. The van der Waals surface area contributed by atoms with Gasteiger partial charge in [-0.1, -0.05) is 0 Å². The van der Waals surface area contributed by atoms with Gasteiger partial charge in [-0.2, -0.15) is 0 Å². The number of phenolic OH excluding ortho intramolecular Hbond substituents is 2. The van der Waals surface area contributed by atoms with Crippen LogP contribution >= 0.6 is 0 Å². The Hall–Kier alpha value is -0.822. The number of aromatic hydroxyl groups is 2. The predicted molar refractivity (Wildman–Crippen MR) is 35.8 cm³/mol. The van der Waals surface area contributed by atoms with Crippen molar-refractivity contribution in [3.05, 3.63) is 18.2 Å². The number of benzene rings is 1. The van der Waals surface area contributed by atoms with E-state index in [1.54, 1.807) is 0 Å². The van der Waals surface area contributed by atoms with E-state index in [0.717, 1.165) is 0 Å². The topological polar surface area (TPSA) is 57.5 Å². The van der Waals surface area contributed by atoms with Crippen LogP contribution in [0.4, 0.5) is 0 Å². The summed E-state index contributed by atoms with van der Waals surface area (Å²) in [5.74, 6) is -0.401. The molecule has 0 unspecified atom stereocenters.